The number of benzene rings is 1. The normalized spacial score (nSPS) is 11.8. The first kappa shape index (κ1) is 18.6. The van der Waals surface area contributed by atoms with Gasteiger partial charge in [0.25, 0.3) is 5.91 Å². The summed E-state index contributed by atoms with van der Waals surface area (Å²) in [4.78, 5) is 23.5. The lowest BCUT2D eigenvalue weighted by molar-refractivity contribution is -0.140. The van der Waals surface area contributed by atoms with Crippen molar-refractivity contribution in [1.82, 2.24) is 19.6 Å². The van der Waals surface area contributed by atoms with Gasteiger partial charge in [-0.25, -0.2) is 14.2 Å². The van der Waals surface area contributed by atoms with E-state index in [1.807, 2.05) is 24.3 Å². The van der Waals surface area contributed by atoms with Gasteiger partial charge in [0, 0.05) is 10.7 Å². The molecule has 0 spiro atoms. The molecule has 0 radical (unpaired) electrons. The molecule has 0 aliphatic carbocycles. The molecular weight excluding hydrogens is 418 g/mol. The summed E-state index contributed by atoms with van der Waals surface area (Å²) in [5, 5.41) is 19.8. The topological polar surface area (TPSA) is 111 Å². The predicted molar refractivity (Wildman–Crippen MR) is 99.5 cm³/mol. The van der Waals surface area contributed by atoms with E-state index < -0.39 is 17.9 Å². The molecule has 0 aliphatic heterocycles. The van der Waals surface area contributed by atoms with Crippen LogP contribution in [0.1, 0.15) is 23.5 Å². The number of nitrogens with zero attached hydrogens (tertiary/aromatic N) is 4. The van der Waals surface area contributed by atoms with Gasteiger partial charge in [-0.05, 0) is 37.3 Å². The molecule has 0 saturated heterocycles. The second-order valence-corrected chi connectivity index (χ2v) is 6.54. The van der Waals surface area contributed by atoms with E-state index in [1.54, 1.807) is 6.20 Å². The average Bonchev–Trinajstić information content (AvgIpc) is 3.30. The number of carbonyl (C=O) groups is 2. The smallest absolute Gasteiger partial charge is 0.328 e. The third-order valence-corrected chi connectivity index (χ3v) is 4.22. The van der Waals surface area contributed by atoms with E-state index in [9.17, 15) is 9.59 Å². The first-order valence-electron chi connectivity index (χ1n) is 7.92. The number of aromatic nitrogens is 4. The van der Waals surface area contributed by atoms with Gasteiger partial charge in [0.05, 0.1) is 18.1 Å². The molecule has 2 aromatic heterocycles. The molecule has 2 N–H and O–H groups in total. The number of nitrogens with one attached hydrogen (secondary N) is 1. The van der Waals surface area contributed by atoms with E-state index >= 15 is 0 Å². The fourth-order valence-electron chi connectivity index (χ4n) is 2.27. The maximum Gasteiger partial charge on any atom is 0.328 e. The number of halogens is 1. The molecule has 0 saturated carbocycles. The second kappa shape index (κ2) is 8.04. The lowest BCUT2D eigenvalue weighted by Gasteiger charge is -2.11. The first-order chi connectivity index (χ1) is 12.9. The van der Waals surface area contributed by atoms with Crippen molar-refractivity contribution >= 4 is 33.5 Å². The van der Waals surface area contributed by atoms with Crippen molar-refractivity contribution in [2.75, 3.05) is 5.32 Å². The Labute approximate surface area is 162 Å². The van der Waals surface area contributed by atoms with Gasteiger partial charge in [-0.1, -0.05) is 15.9 Å². The highest BCUT2D eigenvalue weighted by atomic mass is 79.9. The minimum absolute atomic E-state index is 0.142. The number of carbonyl (C=O) groups excluding carboxylic acids is 1. The molecule has 0 aliphatic rings. The molecule has 0 fully saturated rings. The van der Waals surface area contributed by atoms with Crippen LogP contribution in [0.15, 0.2) is 53.4 Å². The number of hydrogen-bond acceptors (Lipinski definition) is 5. The molecule has 2 heterocycles. The molecular formula is C17H16BrN5O4. The van der Waals surface area contributed by atoms with Crippen molar-refractivity contribution in [3.8, 4) is 5.75 Å². The predicted octanol–water partition coefficient (Wildman–Crippen LogP) is 2.78. The average molecular weight is 434 g/mol. The number of hydrogen-bond donors (Lipinski definition) is 2. The van der Waals surface area contributed by atoms with Gasteiger partial charge in [-0.2, -0.15) is 10.2 Å². The van der Waals surface area contributed by atoms with Crippen LogP contribution in [0, 0.1) is 0 Å². The van der Waals surface area contributed by atoms with Crippen LogP contribution in [0.3, 0.4) is 0 Å². The summed E-state index contributed by atoms with van der Waals surface area (Å²) in [7, 11) is 0. The highest BCUT2D eigenvalue weighted by molar-refractivity contribution is 9.10. The number of aliphatic carboxylic acids is 1. The maximum absolute atomic E-state index is 12.4. The van der Waals surface area contributed by atoms with Crippen molar-refractivity contribution in [3.63, 3.8) is 0 Å². The minimum atomic E-state index is -1.08. The van der Waals surface area contributed by atoms with Crippen LogP contribution in [0.5, 0.6) is 5.75 Å². The number of rotatable bonds is 7. The number of ether oxygens (including phenoxy) is 1. The third kappa shape index (κ3) is 4.53. The quantitative estimate of drug-likeness (QED) is 0.592. The van der Waals surface area contributed by atoms with Crippen molar-refractivity contribution in [2.45, 2.75) is 19.7 Å². The summed E-state index contributed by atoms with van der Waals surface area (Å²) >= 11 is 3.35. The van der Waals surface area contributed by atoms with Crippen LogP contribution in [0.4, 0.5) is 5.69 Å². The van der Waals surface area contributed by atoms with Crippen LogP contribution < -0.4 is 10.1 Å². The zero-order valence-corrected chi connectivity index (χ0v) is 15.8. The third-order valence-electron chi connectivity index (χ3n) is 3.70. The highest BCUT2D eigenvalue weighted by Crippen LogP contribution is 2.17. The van der Waals surface area contributed by atoms with Gasteiger partial charge in [0.2, 0.25) is 0 Å². The monoisotopic (exact) mass is 433 g/mol. The first-order valence-corrected chi connectivity index (χ1v) is 8.72. The summed E-state index contributed by atoms with van der Waals surface area (Å²) in [6.07, 6.45) is 4.46. The molecule has 9 nitrogen and oxygen atoms in total. The lowest BCUT2D eigenvalue weighted by Crippen LogP contribution is -2.24. The minimum Gasteiger partial charge on any atom is -0.480 e. The van der Waals surface area contributed by atoms with Crippen LogP contribution >= 0.6 is 15.9 Å². The van der Waals surface area contributed by atoms with E-state index in [0.717, 1.165) is 9.15 Å². The molecule has 1 amide bonds. The van der Waals surface area contributed by atoms with E-state index in [1.165, 1.54) is 30.1 Å². The molecule has 27 heavy (non-hydrogen) atoms. The van der Waals surface area contributed by atoms with E-state index in [-0.39, 0.29) is 12.4 Å². The Morgan fingerprint density at radius 2 is 2.00 bits per heavy atom. The molecule has 3 aromatic rings. The Morgan fingerprint density at radius 3 is 2.70 bits per heavy atom. The van der Waals surface area contributed by atoms with Crippen LogP contribution in [0.25, 0.3) is 0 Å². The standard InChI is InChI=1S/C17H16BrN5O4/c1-11(17(25)26)23-15(6-7-19-23)16(24)21-13-8-20-22(9-13)10-27-14-4-2-12(18)3-5-14/h2-9,11H,10H2,1H3,(H,21,24)(H,25,26). The van der Waals surface area contributed by atoms with Crippen molar-refractivity contribution in [3.05, 3.63) is 59.1 Å². The number of carboxylic acids is 1. The Morgan fingerprint density at radius 1 is 1.26 bits per heavy atom. The molecule has 1 aromatic carbocycles. The summed E-state index contributed by atoms with van der Waals surface area (Å²) in [6, 6.07) is 7.87. The molecule has 3 rings (SSSR count). The SMILES string of the molecule is CC(C(=O)O)n1nccc1C(=O)Nc1cnn(COc2ccc(Br)cc2)c1. The Hall–Kier alpha value is -3.14. The van der Waals surface area contributed by atoms with Gasteiger partial charge in [-0.15, -0.1) is 0 Å². The molecule has 140 valence electrons. The Kier molecular flexibility index (Phi) is 5.55. The van der Waals surface area contributed by atoms with E-state index in [4.69, 9.17) is 9.84 Å². The van der Waals surface area contributed by atoms with Crippen molar-refractivity contribution in [2.24, 2.45) is 0 Å². The fraction of sp³-hybridized carbons (Fsp3) is 0.176. The zero-order valence-electron chi connectivity index (χ0n) is 14.2. The van der Waals surface area contributed by atoms with Crippen LogP contribution in [-0.2, 0) is 11.5 Å². The molecule has 10 heteroatoms. The zero-order chi connectivity index (χ0) is 19.4. The van der Waals surface area contributed by atoms with E-state index in [0.29, 0.717) is 11.4 Å². The Balaban J connectivity index is 1.62. The highest BCUT2D eigenvalue weighted by Gasteiger charge is 2.21. The van der Waals surface area contributed by atoms with Gasteiger partial charge in [0.1, 0.15) is 17.5 Å². The van der Waals surface area contributed by atoms with E-state index in [2.05, 4.69) is 31.4 Å². The largest absolute Gasteiger partial charge is 0.480 e. The van der Waals surface area contributed by atoms with Gasteiger partial charge in [-0.3, -0.25) is 4.79 Å². The summed E-state index contributed by atoms with van der Waals surface area (Å²) in [6.45, 7) is 1.62. The maximum atomic E-state index is 12.4. The molecule has 1 atom stereocenters. The van der Waals surface area contributed by atoms with Crippen LogP contribution in [-0.4, -0.2) is 36.5 Å². The molecule has 1 unspecified atom stereocenters. The van der Waals surface area contributed by atoms with Gasteiger partial charge < -0.3 is 15.2 Å². The number of amides is 1. The Bertz CT molecular complexity index is 950. The van der Waals surface area contributed by atoms with Gasteiger partial charge in [0.15, 0.2) is 6.73 Å². The van der Waals surface area contributed by atoms with Crippen molar-refractivity contribution in [1.29, 1.82) is 0 Å². The lowest BCUT2D eigenvalue weighted by atomic mass is 10.3. The number of carboxylic acid groups (broad SMARTS) is 1. The fourth-order valence-corrected chi connectivity index (χ4v) is 2.54. The summed E-state index contributed by atoms with van der Waals surface area (Å²) < 4.78 is 9.23. The summed E-state index contributed by atoms with van der Waals surface area (Å²) in [5.74, 6) is -0.870. The van der Waals surface area contributed by atoms with Crippen molar-refractivity contribution < 1.29 is 19.4 Å². The molecule has 0 bridgehead atoms. The van der Waals surface area contributed by atoms with Gasteiger partial charge >= 0.3 is 5.97 Å². The number of anilines is 1. The second-order valence-electron chi connectivity index (χ2n) is 5.63. The van der Waals surface area contributed by atoms with Crippen LogP contribution in [0.2, 0.25) is 0 Å². The summed E-state index contributed by atoms with van der Waals surface area (Å²) in [5.41, 5.74) is 0.596.